The Kier molecular flexibility index (Phi) is 5.43. The summed E-state index contributed by atoms with van der Waals surface area (Å²) in [4.78, 5) is 21.4. The molecule has 1 fully saturated rings. The molecule has 0 bridgehead atoms. The molecule has 3 aromatic rings. The smallest absolute Gasteiger partial charge is 0.227 e. The summed E-state index contributed by atoms with van der Waals surface area (Å²) in [5, 5.41) is 11.6. The van der Waals surface area contributed by atoms with Gasteiger partial charge in [-0.15, -0.1) is 0 Å². The van der Waals surface area contributed by atoms with E-state index in [9.17, 15) is 9.90 Å². The summed E-state index contributed by atoms with van der Waals surface area (Å²) >= 11 is 0. The van der Waals surface area contributed by atoms with Gasteiger partial charge in [0.1, 0.15) is 5.75 Å². The molecule has 32 heavy (non-hydrogen) atoms. The van der Waals surface area contributed by atoms with Gasteiger partial charge in [-0.2, -0.15) is 0 Å². The number of carbonyl (C=O) groups is 1. The lowest BCUT2D eigenvalue weighted by Gasteiger charge is -2.50. The molecule has 0 aliphatic carbocycles. The van der Waals surface area contributed by atoms with Crippen LogP contribution in [-0.2, 0) is 16.6 Å². The van der Waals surface area contributed by atoms with E-state index in [2.05, 4.69) is 23.0 Å². The molecule has 168 valence electrons. The lowest BCUT2D eigenvalue weighted by atomic mass is 9.68. The fraction of sp³-hybridized carbons (Fsp3) is 0.423. The number of ether oxygens (including phenoxy) is 1. The van der Waals surface area contributed by atoms with E-state index in [-0.39, 0.29) is 24.0 Å². The largest absolute Gasteiger partial charge is 0.497 e. The average molecular weight is 434 g/mol. The third-order valence-electron chi connectivity index (χ3n) is 7.38. The van der Waals surface area contributed by atoms with Crippen molar-refractivity contribution in [3.8, 4) is 5.75 Å². The molecule has 6 nitrogen and oxygen atoms in total. The lowest BCUT2D eigenvalue weighted by Crippen LogP contribution is -2.55. The van der Waals surface area contributed by atoms with Crippen LogP contribution in [0.1, 0.15) is 35.7 Å². The fourth-order valence-electron chi connectivity index (χ4n) is 5.60. The van der Waals surface area contributed by atoms with Crippen LogP contribution >= 0.6 is 0 Å². The molecule has 3 heterocycles. The maximum atomic E-state index is 13.5. The van der Waals surface area contributed by atoms with E-state index < -0.39 is 0 Å². The molecule has 1 saturated heterocycles. The number of likely N-dealkylation sites (tertiary alicyclic amines) is 1. The van der Waals surface area contributed by atoms with Gasteiger partial charge < -0.3 is 24.6 Å². The molecule has 0 saturated carbocycles. The monoisotopic (exact) mass is 433 g/mol. The third kappa shape index (κ3) is 3.48. The Morgan fingerprint density at radius 3 is 2.62 bits per heavy atom. The molecule has 0 unspecified atom stereocenters. The van der Waals surface area contributed by atoms with Gasteiger partial charge in [0, 0.05) is 34.6 Å². The number of hydrogen-bond acceptors (Lipinski definition) is 4. The first-order valence-electron chi connectivity index (χ1n) is 11.4. The summed E-state index contributed by atoms with van der Waals surface area (Å²) in [5.41, 5.74) is 4.15. The maximum absolute atomic E-state index is 13.5. The Morgan fingerprint density at radius 2 is 1.94 bits per heavy atom. The van der Waals surface area contributed by atoms with Crippen LogP contribution in [0.3, 0.4) is 0 Å². The van der Waals surface area contributed by atoms with Crippen LogP contribution in [0.15, 0.2) is 48.5 Å². The van der Waals surface area contributed by atoms with Gasteiger partial charge in [-0.05, 0) is 56.2 Å². The quantitative estimate of drug-likeness (QED) is 0.663. The average Bonchev–Trinajstić information content (AvgIpc) is 3.21. The normalized spacial score (nSPS) is 20.5. The molecule has 1 amide bonds. The number of carbonyl (C=O) groups excluding carboxylic acids is 1. The fourth-order valence-corrected chi connectivity index (χ4v) is 5.60. The van der Waals surface area contributed by atoms with E-state index >= 15 is 0 Å². The van der Waals surface area contributed by atoms with Gasteiger partial charge in [0.15, 0.2) is 0 Å². The molecule has 2 aliphatic heterocycles. The first kappa shape index (κ1) is 21.0. The third-order valence-corrected chi connectivity index (χ3v) is 7.38. The van der Waals surface area contributed by atoms with Crippen LogP contribution in [0.2, 0.25) is 0 Å². The molecule has 2 aliphatic rings. The molecule has 1 atom stereocenters. The van der Waals surface area contributed by atoms with Gasteiger partial charge in [0.25, 0.3) is 0 Å². The minimum atomic E-state index is -0.370. The number of piperidine rings is 1. The second-order valence-electron chi connectivity index (χ2n) is 9.29. The van der Waals surface area contributed by atoms with Gasteiger partial charge in [0.05, 0.1) is 26.2 Å². The number of H-pyrrole nitrogens is 1. The van der Waals surface area contributed by atoms with Gasteiger partial charge in [0.2, 0.25) is 5.91 Å². The van der Waals surface area contributed by atoms with Crippen molar-refractivity contribution >= 4 is 16.8 Å². The summed E-state index contributed by atoms with van der Waals surface area (Å²) in [5.74, 6) is 0.863. The molecule has 5 rings (SSSR count). The highest BCUT2D eigenvalue weighted by Gasteiger charge is 2.48. The van der Waals surface area contributed by atoms with Crippen LogP contribution in [0.5, 0.6) is 5.75 Å². The number of methoxy groups -OCH3 is 1. The van der Waals surface area contributed by atoms with Crippen molar-refractivity contribution in [2.45, 2.75) is 30.7 Å². The zero-order valence-electron chi connectivity index (χ0n) is 18.8. The highest BCUT2D eigenvalue weighted by Crippen LogP contribution is 2.49. The van der Waals surface area contributed by atoms with Crippen molar-refractivity contribution in [2.24, 2.45) is 0 Å². The predicted octanol–water partition coefficient (Wildman–Crippen LogP) is 3.26. The second kappa shape index (κ2) is 8.26. The molecular formula is C26H31N3O3. The number of aromatic nitrogens is 1. The van der Waals surface area contributed by atoms with Crippen molar-refractivity contribution in [2.75, 3.05) is 40.4 Å². The molecule has 1 aromatic heterocycles. The lowest BCUT2D eigenvalue weighted by molar-refractivity contribution is -0.136. The minimum absolute atomic E-state index is 0.0652. The molecule has 0 radical (unpaired) electrons. The van der Waals surface area contributed by atoms with Crippen LogP contribution in [0, 0.1) is 0 Å². The highest BCUT2D eigenvalue weighted by molar-refractivity contribution is 5.89. The molecular weight excluding hydrogens is 402 g/mol. The number of aliphatic hydroxyl groups is 1. The zero-order chi connectivity index (χ0) is 22.3. The van der Waals surface area contributed by atoms with Crippen LogP contribution in [-0.4, -0.2) is 66.2 Å². The Hall–Kier alpha value is -2.83. The number of hydrogen-bond donors (Lipinski definition) is 2. The van der Waals surface area contributed by atoms with Crippen LogP contribution < -0.4 is 4.74 Å². The van der Waals surface area contributed by atoms with Gasteiger partial charge in [-0.3, -0.25) is 4.79 Å². The van der Waals surface area contributed by atoms with E-state index in [4.69, 9.17) is 4.74 Å². The number of nitrogens with zero attached hydrogens (tertiary/aromatic N) is 2. The van der Waals surface area contributed by atoms with Crippen molar-refractivity contribution in [3.63, 3.8) is 0 Å². The number of amides is 1. The standard InChI is InChI=1S/C26H31N3O3/c1-28-12-10-26(11-13-28)17-29(23(31)14-18-6-4-3-5-7-18)22(16-30)25-24(26)20-9-8-19(32-2)15-21(20)27-25/h3-9,15,22,27,30H,10-14,16-17H2,1-2H3/t22-/m1/s1. The van der Waals surface area contributed by atoms with E-state index in [0.717, 1.165) is 48.5 Å². The number of fused-ring (bicyclic) bond motifs is 4. The Balaban J connectivity index is 1.61. The highest BCUT2D eigenvalue weighted by atomic mass is 16.5. The van der Waals surface area contributed by atoms with Gasteiger partial charge >= 0.3 is 0 Å². The molecule has 2 aromatic carbocycles. The summed E-state index contributed by atoms with van der Waals surface area (Å²) in [6, 6.07) is 15.6. The summed E-state index contributed by atoms with van der Waals surface area (Å²) in [7, 11) is 3.83. The second-order valence-corrected chi connectivity index (χ2v) is 9.29. The Morgan fingerprint density at radius 1 is 1.19 bits per heavy atom. The van der Waals surface area contributed by atoms with E-state index in [1.54, 1.807) is 7.11 Å². The Bertz CT molecular complexity index is 1120. The van der Waals surface area contributed by atoms with Crippen LogP contribution in [0.25, 0.3) is 10.9 Å². The molecule has 1 spiro atoms. The maximum Gasteiger partial charge on any atom is 0.227 e. The number of rotatable bonds is 4. The first-order chi connectivity index (χ1) is 15.5. The summed E-state index contributed by atoms with van der Waals surface area (Å²) < 4.78 is 5.44. The number of aromatic amines is 1. The number of nitrogens with one attached hydrogen (secondary N) is 1. The summed E-state index contributed by atoms with van der Waals surface area (Å²) in [6.45, 7) is 2.52. The zero-order valence-corrected chi connectivity index (χ0v) is 18.8. The molecule has 6 heteroatoms. The number of aliphatic hydroxyl groups excluding tert-OH is 1. The summed E-state index contributed by atoms with van der Waals surface area (Å²) in [6.07, 6.45) is 2.32. The van der Waals surface area contributed by atoms with Crippen molar-refractivity contribution in [1.29, 1.82) is 0 Å². The number of benzene rings is 2. The SMILES string of the molecule is COc1ccc2c3c([nH]c2c1)[C@@H](CO)N(C(=O)Cc1ccccc1)CC31CCN(C)CC1. The van der Waals surface area contributed by atoms with Crippen molar-refractivity contribution in [1.82, 2.24) is 14.8 Å². The topological polar surface area (TPSA) is 68.8 Å². The first-order valence-corrected chi connectivity index (χ1v) is 11.4. The van der Waals surface area contributed by atoms with Crippen LogP contribution in [0.4, 0.5) is 0 Å². The van der Waals surface area contributed by atoms with Crippen molar-refractivity contribution in [3.05, 3.63) is 65.4 Å². The van der Waals surface area contributed by atoms with Gasteiger partial charge in [-0.25, -0.2) is 0 Å². The van der Waals surface area contributed by atoms with Crippen molar-refractivity contribution < 1.29 is 14.6 Å². The Labute approximate surface area is 188 Å². The minimum Gasteiger partial charge on any atom is -0.497 e. The molecule has 2 N–H and O–H groups in total. The van der Waals surface area contributed by atoms with Gasteiger partial charge in [-0.1, -0.05) is 30.3 Å². The van der Waals surface area contributed by atoms with E-state index in [0.29, 0.717) is 13.0 Å². The van der Waals surface area contributed by atoms with E-state index in [1.165, 1.54) is 10.9 Å². The van der Waals surface area contributed by atoms with E-state index in [1.807, 2.05) is 47.4 Å². The predicted molar refractivity (Wildman–Crippen MR) is 125 cm³/mol.